The maximum atomic E-state index is 12.4. The molecule has 3 rings (SSSR count). The molecule has 7 heteroatoms. The second-order valence-corrected chi connectivity index (χ2v) is 5.18. The van der Waals surface area contributed by atoms with Gasteiger partial charge in [0.2, 0.25) is 5.90 Å². The smallest absolute Gasteiger partial charge is 0.387 e. The highest BCUT2D eigenvalue weighted by Crippen LogP contribution is 2.26. The van der Waals surface area contributed by atoms with Gasteiger partial charge in [-0.2, -0.15) is 8.78 Å². The number of cyclic esters (lactones) is 1. The van der Waals surface area contributed by atoms with Crippen LogP contribution in [0.4, 0.5) is 8.78 Å². The largest absolute Gasteiger partial charge is 0.434 e. The molecule has 1 aliphatic rings. The fourth-order valence-corrected chi connectivity index (χ4v) is 2.51. The Labute approximate surface area is 128 Å². The first-order valence-corrected chi connectivity index (χ1v) is 7.12. The number of nitrogens with zero attached hydrogens (tertiary/aromatic N) is 1. The second-order valence-electron chi connectivity index (χ2n) is 4.23. The van der Waals surface area contributed by atoms with Crippen LogP contribution in [0.15, 0.2) is 52.5 Å². The molecule has 22 heavy (non-hydrogen) atoms. The summed E-state index contributed by atoms with van der Waals surface area (Å²) >= 11 is 1.38. The van der Waals surface area contributed by atoms with Crippen LogP contribution in [0.25, 0.3) is 6.08 Å². The van der Waals surface area contributed by atoms with Crippen molar-refractivity contribution < 1.29 is 23.0 Å². The third kappa shape index (κ3) is 3.04. The standard InChI is InChI=1S/C15H9F2NO3S/c16-15(17)20-11-5-2-1-4-9(11)8-10-14(19)21-13(18-10)12-6-3-7-22-12/h1-8,15H. The van der Waals surface area contributed by atoms with E-state index in [1.165, 1.54) is 23.5 Å². The van der Waals surface area contributed by atoms with E-state index in [0.717, 1.165) is 0 Å². The van der Waals surface area contributed by atoms with E-state index in [4.69, 9.17) is 4.74 Å². The van der Waals surface area contributed by atoms with Crippen LogP contribution in [0.3, 0.4) is 0 Å². The van der Waals surface area contributed by atoms with Crippen molar-refractivity contribution in [3.8, 4) is 5.75 Å². The maximum Gasteiger partial charge on any atom is 0.387 e. The Morgan fingerprint density at radius 2 is 2.05 bits per heavy atom. The molecule has 1 aliphatic heterocycles. The molecule has 1 aromatic carbocycles. The van der Waals surface area contributed by atoms with Crippen molar-refractivity contribution in [2.75, 3.05) is 0 Å². The molecule has 0 fully saturated rings. The molecule has 0 N–H and O–H groups in total. The molecule has 0 saturated carbocycles. The third-order valence-electron chi connectivity index (χ3n) is 2.78. The van der Waals surface area contributed by atoms with E-state index in [2.05, 4.69) is 9.73 Å². The lowest BCUT2D eigenvalue weighted by Gasteiger charge is -2.07. The zero-order valence-electron chi connectivity index (χ0n) is 11.0. The molecular formula is C15H9F2NO3S. The number of aliphatic imine (C=N–C) groups is 1. The fourth-order valence-electron chi connectivity index (χ4n) is 1.87. The molecule has 0 aliphatic carbocycles. The van der Waals surface area contributed by atoms with E-state index < -0.39 is 12.6 Å². The predicted octanol–water partition coefficient (Wildman–Crippen LogP) is 3.69. The molecule has 0 atom stereocenters. The number of thiophene rings is 1. The van der Waals surface area contributed by atoms with Gasteiger partial charge in [0, 0.05) is 5.56 Å². The summed E-state index contributed by atoms with van der Waals surface area (Å²) in [6.07, 6.45) is 1.36. The highest BCUT2D eigenvalue weighted by molar-refractivity contribution is 7.12. The van der Waals surface area contributed by atoms with Crippen LogP contribution in [0, 0.1) is 0 Å². The van der Waals surface area contributed by atoms with Gasteiger partial charge >= 0.3 is 12.6 Å². The highest BCUT2D eigenvalue weighted by atomic mass is 32.1. The molecular weight excluding hydrogens is 312 g/mol. The molecule has 0 radical (unpaired) electrons. The number of carbonyl (C=O) groups is 1. The van der Waals surface area contributed by atoms with Crippen LogP contribution in [0.1, 0.15) is 10.4 Å². The number of esters is 1. The van der Waals surface area contributed by atoms with Crippen LogP contribution in [-0.4, -0.2) is 18.5 Å². The van der Waals surface area contributed by atoms with Crippen LogP contribution in [0.5, 0.6) is 5.75 Å². The number of hydrogen-bond donors (Lipinski definition) is 0. The summed E-state index contributed by atoms with van der Waals surface area (Å²) in [6.45, 7) is -2.94. The molecule has 0 amide bonds. The minimum Gasteiger partial charge on any atom is -0.434 e. The first-order valence-electron chi connectivity index (χ1n) is 6.24. The number of ether oxygens (including phenoxy) is 2. The summed E-state index contributed by atoms with van der Waals surface area (Å²) in [4.78, 5) is 16.6. The van der Waals surface area contributed by atoms with Gasteiger partial charge in [-0.25, -0.2) is 9.79 Å². The van der Waals surface area contributed by atoms with Crippen molar-refractivity contribution in [1.29, 1.82) is 0 Å². The van der Waals surface area contributed by atoms with Crippen LogP contribution < -0.4 is 4.74 Å². The lowest BCUT2D eigenvalue weighted by Crippen LogP contribution is -2.04. The Kier molecular flexibility index (Phi) is 3.97. The molecule has 0 saturated heterocycles. The Balaban J connectivity index is 1.94. The van der Waals surface area contributed by atoms with E-state index in [0.29, 0.717) is 10.4 Å². The molecule has 4 nitrogen and oxygen atoms in total. The molecule has 0 unspecified atom stereocenters. The van der Waals surface area contributed by atoms with Gasteiger partial charge in [-0.05, 0) is 23.6 Å². The molecule has 2 heterocycles. The summed E-state index contributed by atoms with van der Waals surface area (Å²) in [7, 11) is 0. The van der Waals surface area contributed by atoms with Gasteiger partial charge in [0.25, 0.3) is 0 Å². The van der Waals surface area contributed by atoms with E-state index in [9.17, 15) is 13.6 Å². The summed E-state index contributed by atoms with van der Waals surface area (Å²) in [6, 6.07) is 9.73. The summed E-state index contributed by atoms with van der Waals surface area (Å²) in [5.74, 6) is -0.452. The predicted molar refractivity (Wildman–Crippen MR) is 78.0 cm³/mol. The minimum atomic E-state index is -2.94. The average Bonchev–Trinajstić information content (AvgIpc) is 3.11. The number of halogens is 2. The SMILES string of the molecule is O=C1OC(c2cccs2)=NC1=Cc1ccccc1OC(F)F. The lowest BCUT2D eigenvalue weighted by molar-refractivity contribution is -0.129. The normalized spacial score (nSPS) is 16.0. The second kappa shape index (κ2) is 6.07. The van der Waals surface area contributed by atoms with Gasteiger partial charge in [-0.3, -0.25) is 0 Å². The average molecular weight is 321 g/mol. The Bertz CT molecular complexity index is 754. The van der Waals surface area contributed by atoms with Gasteiger partial charge in [0.15, 0.2) is 5.70 Å². The third-order valence-corrected chi connectivity index (χ3v) is 3.64. The van der Waals surface area contributed by atoms with Crippen molar-refractivity contribution in [2.24, 2.45) is 4.99 Å². The van der Waals surface area contributed by atoms with Crippen LogP contribution >= 0.6 is 11.3 Å². The number of rotatable bonds is 4. The number of hydrogen-bond acceptors (Lipinski definition) is 5. The molecule has 112 valence electrons. The zero-order chi connectivity index (χ0) is 15.5. The Morgan fingerprint density at radius 3 is 2.77 bits per heavy atom. The topological polar surface area (TPSA) is 47.9 Å². The van der Waals surface area contributed by atoms with E-state index in [-0.39, 0.29) is 17.3 Å². The van der Waals surface area contributed by atoms with Crippen molar-refractivity contribution in [3.63, 3.8) is 0 Å². The van der Waals surface area contributed by atoms with Gasteiger partial charge in [0.1, 0.15) is 5.75 Å². The first kappa shape index (κ1) is 14.4. The van der Waals surface area contributed by atoms with Gasteiger partial charge < -0.3 is 9.47 Å². The van der Waals surface area contributed by atoms with E-state index >= 15 is 0 Å². The fraction of sp³-hybridized carbons (Fsp3) is 0.0667. The number of benzene rings is 1. The quantitative estimate of drug-likeness (QED) is 0.637. The van der Waals surface area contributed by atoms with Crippen LogP contribution in [0.2, 0.25) is 0 Å². The molecule has 1 aromatic heterocycles. The summed E-state index contributed by atoms with van der Waals surface area (Å²) in [5, 5.41) is 1.83. The van der Waals surface area contributed by atoms with Crippen molar-refractivity contribution in [1.82, 2.24) is 0 Å². The van der Waals surface area contributed by atoms with Gasteiger partial charge in [-0.1, -0.05) is 24.3 Å². The minimum absolute atomic E-state index is 0.0300. The Hall–Kier alpha value is -2.54. The number of para-hydroxylation sites is 1. The van der Waals surface area contributed by atoms with E-state index in [1.54, 1.807) is 24.3 Å². The first-order chi connectivity index (χ1) is 10.6. The zero-order valence-corrected chi connectivity index (χ0v) is 11.8. The molecule has 2 aromatic rings. The number of carbonyl (C=O) groups excluding carboxylic acids is 1. The summed E-state index contributed by atoms with van der Waals surface area (Å²) in [5.41, 5.74) is 0.361. The van der Waals surface area contributed by atoms with Crippen molar-refractivity contribution in [3.05, 3.63) is 57.9 Å². The van der Waals surface area contributed by atoms with Gasteiger partial charge in [0.05, 0.1) is 4.88 Å². The van der Waals surface area contributed by atoms with Crippen molar-refractivity contribution >= 4 is 29.3 Å². The van der Waals surface area contributed by atoms with Crippen LogP contribution in [-0.2, 0) is 9.53 Å². The van der Waals surface area contributed by atoms with E-state index in [1.807, 2.05) is 11.4 Å². The van der Waals surface area contributed by atoms with Crippen molar-refractivity contribution in [2.45, 2.75) is 6.61 Å². The molecule has 0 spiro atoms. The monoisotopic (exact) mass is 321 g/mol. The summed E-state index contributed by atoms with van der Waals surface area (Å²) < 4.78 is 34.2. The Morgan fingerprint density at radius 1 is 1.23 bits per heavy atom. The molecule has 0 bridgehead atoms. The highest BCUT2D eigenvalue weighted by Gasteiger charge is 2.25. The van der Waals surface area contributed by atoms with Gasteiger partial charge in [-0.15, -0.1) is 11.3 Å². The lowest BCUT2D eigenvalue weighted by atomic mass is 10.1. The number of alkyl halides is 2. The maximum absolute atomic E-state index is 12.4.